The van der Waals surface area contributed by atoms with E-state index in [0.717, 1.165) is 45.3 Å². The minimum atomic E-state index is -0.458. The van der Waals surface area contributed by atoms with Crippen molar-refractivity contribution >= 4 is 40.1 Å². The van der Waals surface area contributed by atoms with Crippen molar-refractivity contribution in [1.82, 2.24) is 10.2 Å². The van der Waals surface area contributed by atoms with Crippen molar-refractivity contribution in [3.8, 4) is 0 Å². The van der Waals surface area contributed by atoms with Gasteiger partial charge in [-0.2, -0.15) is 0 Å². The molecule has 2 aromatic carbocycles. The summed E-state index contributed by atoms with van der Waals surface area (Å²) >= 11 is 0. The van der Waals surface area contributed by atoms with Gasteiger partial charge in [-0.1, -0.05) is 29.8 Å². The van der Waals surface area contributed by atoms with E-state index >= 15 is 0 Å². The van der Waals surface area contributed by atoms with Gasteiger partial charge in [0.05, 0.1) is 5.39 Å². The van der Waals surface area contributed by atoms with Gasteiger partial charge in [0.1, 0.15) is 5.58 Å². The summed E-state index contributed by atoms with van der Waals surface area (Å²) in [5.74, 6) is -0.511. The second-order valence-corrected chi connectivity index (χ2v) is 10.3. The topological polar surface area (TPSA) is 112 Å². The molecule has 0 spiro atoms. The molecule has 5 rings (SSSR count). The van der Waals surface area contributed by atoms with Gasteiger partial charge in [0.15, 0.2) is 11.2 Å². The van der Waals surface area contributed by atoms with Crippen molar-refractivity contribution in [2.75, 3.05) is 36.4 Å². The van der Waals surface area contributed by atoms with E-state index in [-0.39, 0.29) is 28.6 Å². The Bertz CT molecular complexity index is 1520. The number of amides is 3. The van der Waals surface area contributed by atoms with Gasteiger partial charge in [0.25, 0.3) is 5.91 Å². The first-order chi connectivity index (χ1) is 19.4. The van der Waals surface area contributed by atoms with Crippen LogP contribution in [0.2, 0.25) is 0 Å². The van der Waals surface area contributed by atoms with Gasteiger partial charge in [0.2, 0.25) is 11.8 Å². The number of carbonyl (C=O) groups is 3. The quantitative estimate of drug-likeness (QED) is 0.433. The normalized spacial score (nSPS) is 15.7. The molecule has 40 heavy (non-hydrogen) atoms. The first kappa shape index (κ1) is 27.2. The second kappa shape index (κ2) is 12.2. The van der Waals surface area contributed by atoms with Crippen molar-refractivity contribution in [1.29, 1.82) is 0 Å². The van der Waals surface area contributed by atoms with Gasteiger partial charge in [-0.3, -0.25) is 19.2 Å². The van der Waals surface area contributed by atoms with Crippen molar-refractivity contribution in [3.63, 3.8) is 0 Å². The molecular weight excluding hydrogens is 508 g/mol. The predicted octanol–water partition coefficient (Wildman–Crippen LogP) is 4.22. The van der Waals surface area contributed by atoms with Crippen LogP contribution in [0, 0.1) is 0 Å². The zero-order valence-electron chi connectivity index (χ0n) is 22.7. The van der Waals surface area contributed by atoms with Gasteiger partial charge in [-0.25, -0.2) is 0 Å². The Hall–Kier alpha value is -4.40. The summed E-state index contributed by atoms with van der Waals surface area (Å²) in [4.78, 5) is 53.2. The van der Waals surface area contributed by atoms with E-state index < -0.39 is 5.91 Å². The first-order valence-corrected chi connectivity index (χ1v) is 13.8. The van der Waals surface area contributed by atoms with Crippen LogP contribution in [0.25, 0.3) is 11.0 Å². The fourth-order valence-corrected chi connectivity index (χ4v) is 5.35. The zero-order chi connectivity index (χ0) is 28.1. The summed E-state index contributed by atoms with van der Waals surface area (Å²) in [7, 11) is 0. The maximum atomic E-state index is 12.7. The Morgan fingerprint density at radius 2 is 1.77 bits per heavy atom. The highest BCUT2D eigenvalue weighted by Gasteiger charge is 2.22. The van der Waals surface area contributed by atoms with Crippen LogP contribution in [0.1, 0.15) is 55.1 Å². The molecule has 3 aromatic rings. The molecule has 2 N–H and O–H groups in total. The minimum Gasteiger partial charge on any atom is -0.451 e. The van der Waals surface area contributed by atoms with Crippen LogP contribution >= 0.6 is 0 Å². The van der Waals surface area contributed by atoms with E-state index in [1.807, 2.05) is 23.1 Å². The Balaban J connectivity index is 1.16. The Kier molecular flexibility index (Phi) is 8.28. The maximum Gasteiger partial charge on any atom is 0.287 e. The molecule has 0 radical (unpaired) electrons. The SMILES string of the molecule is CC(=O)Nc1ccc2oc(C(=O)NCC=C3CCN(c4ccccc4CN4CCCCC4=O)CC3)cc(=O)c2c1. The smallest absolute Gasteiger partial charge is 0.287 e. The van der Waals surface area contributed by atoms with Gasteiger partial charge in [-0.05, 0) is 55.5 Å². The molecular formula is C31H34N4O5. The number of nitrogens with one attached hydrogen (secondary N) is 2. The summed E-state index contributed by atoms with van der Waals surface area (Å²) in [6, 6.07) is 14.2. The third-order valence-corrected chi connectivity index (χ3v) is 7.45. The highest BCUT2D eigenvalue weighted by Crippen LogP contribution is 2.28. The van der Waals surface area contributed by atoms with Crippen LogP contribution in [-0.4, -0.2) is 48.8 Å². The number of hydrogen-bond acceptors (Lipinski definition) is 6. The Labute approximate surface area is 232 Å². The predicted molar refractivity (Wildman–Crippen MR) is 154 cm³/mol. The molecule has 208 valence electrons. The summed E-state index contributed by atoms with van der Waals surface area (Å²) in [5, 5.41) is 5.74. The van der Waals surface area contributed by atoms with Crippen molar-refractivity contribution in [3.05, 3.63) is 81.7 Å². The van der Waals surface area contributed by atoms with Crippen LogP contribution in [-0.2, 0) is 16.1 Å². The fourth-order valence-electron chi connectivity index (χ4n) is 5.35. The van der Waals surface area contributed by atoms with Gasteiger partial charge >= 0.3 is 0 Å². The standard InChI is InChI=1S/C31H34N4O5/c1-21(36)33-24-9-10-28-25(18-24)27(37)19-29(40-28)31(39)32-14-11-22-12-16-34(17-13-22)26-7-3-2-6-23(26)20-35-15-5-4-8-30(35)38/h2-3,6-7,9-11,18-19H,4-5,8,12-17,20H2,1H3,(H,32,39)(H,33,36). The maximum absolute atomic E-state index is 12.7. The highest BCUT2D eigenvalue weighted by molar-refractivity contribution is 5.95. The van der Waals surface area contributed by atoms with Gasteiger partial charge in [-0.15, -0.1) is 0 Å². The van der Waals surface area contributed by atoms with Crippen molar-refractivity contribution in [2.45, 2.75) is 45.6 Å². The van der Waals surface area contributed by atoms with Gasteiger partial charge < -0.3 is 24.9 Å². The number of anilines is 2. The van der Waals surface area contributed by atoms with E-state index in [1.54, 1.807) is 12.1 Å². The molecule has 1 aromatic heterocycles. The largest absolute Gasteiger partial charge is 0.451 e. The van der Waals surface area contributed by atoms with Crippen LogP contribution in [0.15, 0.2) is 69.4 Å². The number of hydrogen-bond donors (Lipinski definition) is 2. The molecule has 3 heterocycles. The molecule has 3 amide bonds. The third-order valence-electron chi connectivity index (χ3n) is 7.45. The lowest BCUT2D eigenvalue weighted by Gasteiger charge is -2.34. The molecule has 9 nitrogen and oxygen atoms in total. The number of nitrogens with zero attached hydrogens (tertiary/aromatic N) is 2. The fraction of sp³-hybridized carbons (Fsp3) is 0.355. The molecule has 0 aliphatic carbocycles. The number of rotatable bonds is 7. The minimum absolute atomic E-state index is 0.0539. The van der Waals surface area contributed by atoms with Crippen molar-refractivity contribution < 1.29 is 18.8 Å². The number of likely N-dealkylation sites (tertiary alicyclic amines) is 1. The number of benzene rings is 2. The lowest BCUT2D eigenvalue weighted by atomic mass is 10.0. The van der Waals surface area contributed by atoms with Crippen LogP contribution < -0.4 is 21.0 Å². The molecule has 2 saturated heterocycles. The summed E-state index contributed by atoms with van der Waals surface area (Å²) in [5.41, 5.74) is 4.05. The lowest BCUT2D eigenvalue weighted by Crippen LogP contribution is -2.36. The Morgan fingerprint density at radius 3 is 2.55 bits per heavy atom. The highest BCUT2D eigenvalue weighted by atomic mass is 16.3. The first-order valence-electron chi connectivity index (χ1n) is 13.8. The molecule has 2 aliphatic rings. The van der Waals surface area contributed by atoms with Crippen LogP contribution in [0.3, 0.4) is 0 Å². The van der Waals surface area contributed by atoms with Gasteiger partial charge in [0, 0.05) is 63.5 Å². The number of fused-ring (bicyclic) bond motifs is 1. The number of para-hydroxylation sites is 1. The van der Waals surface area contributed by atoms with E-state index in [0.29, 0.717) is 30.6 Å². The third kappa shape index (κ3) is 6.42. The second-order valence-electron chi connectivity index (χ2n) is 10.3. The molecule has 0 unspecified atom stereocenters. The molecule has 0 atom stereocenters. The summed E-state index contributed by atoms with van der Waals surface area (Å²) in [6.45, 7) is 4.94. The Morgan fingerprint density at radius 1 is 0.975 bits per heavy atom. The molecule has 0 bridgehead atoms. The average molecular weight is 543 g/mol. The van der Waals surface area contributed by atoms with E-state index in [2.05, 4.69) is 27.7 Å². The zero-order valence-corrected chi connectivity index (χ0v) is 22.7. The molecule has 0 saturated carbocycles. The summed E-state index contributed by atoms with van der Waals surface area (Å²) < 4.78 is 5.67. The molecule has 2 aliphatic heterocycles. The molecule has 9 heteroatoms. The lowest BCUT2D eigenvalue weighted by molar-refractivity contribution is -0.133. The van der Waals surface area contributed by atoms with E-state index in [1.165, 1.54) is 35.9 Å². The van der Waals surface area contributed by atoms with E-state index in [4.69, 9.17) is 4.42 Å². The molecule has 2 fully saturated rings. The van der Waals surface area contributed by atoms with E-state index in [9.17, 15) is 19.2 Å². The monoisotopic (exact) mass is 542 g/mol. The van der Waals surface area contributed by atoms with Crippen LogP contribution in [0.5, 0.6) is 0 Å². The number of carbonyl (C=O) groups excluding carboxylic acids is 3. The number of piperidine rings is 2. The average Bonchev–Trinajstić information content (AvgIpc) is 2.95. The van der Waals surface area contributed by atoms with Crippen LogP contribution in [0.4, 0.5) is 11.4 Å². The summed E-state index contributed by atoms with van der Waals surface area (Å²) in [6.07, 6.45) is 6.49. The van der Waals surface area contributed by atoms with Crippen molar-refractivity contribution in [2.24, 2.45) is 0 Å².